The molecular formula is C23H24N2O6S2. The van der Waals surface area contributed by atoms with Crippen molar-refractivity contribution in [3.63, 3.8) is 0 Å². The fourth-order valence-corrected chi connectivity index (χ4v) is 6.70. The summed E-state index contributed by atoms with van der Waals surface area (Å²) in [6.07, 6.45) is 0.0604. The van der Waals surface area contributed by atoms with E-state index in [0.29, 0.717) is 10.6 Å². The summed E-state index contributed by atoms with van der Waals surface area (Å²) in [7, 11) is -3.98. The zero-order chi connectivity index (χ0) is 23.5. The number of thiophene rings is 1. The molecule has 3 N–H and O–H groups in total. The first-order valence-electron chi connectivity index (χ1n) is 10.5. The minimum atomic E-state index is -3.98. The van der Waals surface area contributed by atoms with Crippen molar-refractivity contribution < 1.29 is 27.5 Å². The molecule has 1 aliphatic rings. The van der Waals surface area contributed by atoms with Crippen LogP contribution in [0, 0.1) is 0 Å². The Labute approximate surface area is 195 Å². The number of sulfone groups is 1. The van der Waals surface area contributed by atoms with Crippen molar-refractivity contribution in [2.75, 3.05) is 26.4 Å². The summed E-state index contributed by atoms with van der Waals surface area (Å²) in [4.78, 5) is 25.1. The van der Waals surface area contributed by atoms with Gasteiger partial charge in [-0.3, -0.25) is 9.59 Å². The Hall–Kier alpha value is -2.95. The Morgan fingerprint density at radius 3 is 2.45 bits per heavy atom. The van der Waals surface area contributed by atoms with Gasteiger partial charge in [-0.05, 0) is 54.6 Å². The standard InChI is InChI=1S/C23H24N2O6S2/c24-22(27)23(9-12-30-13-10-23)33(28,29)18-7-5-17(6-8-18)31-14-11-25-21(26)20-15-16-3-1-2-4-19(16)32-20/h1-8,15H,9-14H2,(H2,24,27)(H,25,26). The average molecular weight is 489 g/mol. The van der Waals surface area contributed by atoms with Gasteiger partial charge in [-0.25, -0.2) is 8.42 Å². The lowest BCUT2D eigenvalue weighted by molar-refractivity contribution is -0.122. The molecule has 8 nitrogen and oxygen atoms in total. The lowest BCUT2D eigenvalue weighted by Crippen LogP contribution is -2.53. The van der Waals surface area contributed by atoms with Crippen LogP contribution < -0.4 is 15.8 Å². The number of benzene rings is 2. The van der Waals surface area contributed by atoms with E-state index in [2.05, 4.69) is 5.32 Å². The van der Waals surface area contributed by atoms with Crippen LogP contribution in [0.3, 0.4) is 0 Å². The zero-order valence-electron chi connectivity index (χ0n) is 17.8. The Morgan fingerprint density at radius 2 is 1.79 bits per heavy atom. The Bertz CT molecular complexity index is 1230. The van der Waals surface area contributed by atoms with Gasteiger partial charge >= 0.3 is 0 Å². The Morgan fingerprint density at radius 1 is 1.09 bits per heavy atom. The summed E-state index contributed by atoms with van der Waals surface area (Å²) in [5, 5.41) is 3.84. The van der Waals surface area contributed by atoms with Gasteiger partial charge in [-0.1, -0.05) is 18.2 Å². The third-order valence-corrected chi connectivity index (χ3v) is 9.35. The maximum atomic E-state index is 13.2. The first-order valence-corrected chi connectivity index (χ1v) is 12.8. The molecule has 2 amide bonds. The maximum Gasteiger partial charge on any atom is 0.261 e. The summed E-state index contributed by atoms with van der Waals surface area (Å²) >= 11 is 1.43. The van der Waals surface area contributed by atoms with Crippen molar-refractivity contribution in [2.45, 2.75) is 22.5 Å². The van der Waals surface area contributed by atoms with E-state index in [0.717, 1.165) is 10.1 Å². The molecule has 0 bridgehead atoms. The van der Waals surface area contributed by atoms with Gasteiger partial charge in [0.15, 0.2) is 14.6 Å². The van der Waals surface area contributed by atoms with Crippen molar-refractivity contribution in [1.29, 1.82) is 0 Å². The molecule has 0 atom stereocenters. The number of nitrogens with one attached hydrogen (secondary N) is 1. The van der Waals surface area contributed by atoms with Crippen LogP contribution in [0.4, 0.5) is 0 Å². The van der Waals surface area contributed by atoms with Gasteiger partial charge in [0, 0.05) is 17.9 Å². The minimum Gasteiger partial charge on any atom is -0.492 e. The highest BCUT2D eigenvalue weighted by atomic mass is 32.2. The first kappa shape index (κ1) is 23.2. The SMILES string of the molecule is NC(=O)C1(S(=O)(=O)c2ccc(OCCNC(=O)c3cc4ccccc4s3)cc2)CCOCC1. The summed E-state index contributed by atoms with van der Waals surface area (Å²) in [6, 6.07) is 15.5. The van der Waals surface area contributed by atoms with Crippen LogP contribution in [-0.4, -0.2) is 51.3 Å². The van der Waals surface area contributed by atoms with E-state index in [-0.39, 0.29) is 50.0 Å². The third-order valence-electron chi connectivity index (χ3n) is 5.70. The molecular weight excluding hydrogens is 464 g/mol. The molecule has 33 heavy (non-hydrogen) atoms. The molecule has 2 heterocycles. The lowest BCUT2D eigenvalue weighted by Gasteiger charge is -2.33. The number of carbonyl (C=O) groups excluding carboxylic acids is 2. The maximum absolute atomic E-state index is 13.2. The highest BCUT2D eigenvalue weighted by molar-refractivity contribution is 7.93. The van der Waals surface area contributed by atoms with Crippen molar-refractivity contribution in [3.05, 3.63) is 59.5 Å². The number of primary amides is 1. The number of amides is 2. The van der Waals surface area contributed by atoms with E-state index in [1.807, 2.05) is 30.3 Å². The molecule has 174 valence electrons. The van der Waals surface area contributed by atoms with Gasteiger partial charge in [0.1, 0.15) is 12.4 Å². The Balaban J connectivity index is 1.34. The van der Waals surface area contributed by atoms with E-state index in [1.165, 1.54) is 35.6 Å². The second kappa shape index (κ2) is 9.50. The van der Waals surface area contributed by atoms with Crippen LogP contribution >= 0.6 is 11.3 Å². The van der Waals surface area contributed by atoms with Gasteiger partial charge in [-0.15, -0.1) is 11.3 Å². The molecule has 3 aromatic rings. The van der Waals surface area contributed by atoms with Crippen LogP contribution in [-0.2, 0) is 19.4 Å². The van der Waals surface area contributed by atoms with Crippen molar-refractivity contribution in [1.82, 2.24) is 5.32 Å². The van der Waals surface area contributed by atoms with Crippen LogP contribution in [0.1, 0.15) is 22.5 Å². The molecule has 0 saturated carbocycles. The predicted octanol–water partition coefficient (Wildman–Crippen LogP) is 2.52. The summed E-state index contributed by atoms with van der Waals surface area (Å²) in [6.45, 7) is 0.830. The van der Waals surface area contributed by atoms with E-state index in [9.17, 15) is 18.0 Å². The molecule has 1 saturated heterocycles. The highest BCUT2D eigenvalue weighted by Crippen LogP contribution is 2.35. The molecule has 1 fully saturated rings. The molecule has 0 unspecified atom stereocenters. The lowest BCUT2D eigenvalue weighted by atomic mass is 9.98. The second-order valence-corrected chi connectivity index (χ2v) is 11.0. The smallest absolute Gasteiger partial charge is 0.261 e. The fourth-order valence-electron chi connectivity index (χ4n) is 3.80. The van der Waals surface area contributed by atoms with Crippen LogP contribution in [0.25, 0.3) is 10.1 Å². The minimum absolute atomic E-state index is 0.00798. The van der Waals surface area contributed by atoms with Gasteiger partial charge < -0.3 is 20.5 Å². The van der Waals surface area contributed by atoms with E-state index < -0.39 is 20.5 Å². The fraction of sp³-hybridized carbons (Fsp3) is 0.304. The molecule has 0 aliphatic carbocycles. The molecule has 10 heteroatoms. The number of fused-ring (bicyclic) bond motifs is 1. The molecule has 1 aliphatic heterocycles. The molecule has 4 rings (SSSR count). The summed E-state index contributed by atoms with van der Waals surface area (Å²) in [5.41, 5.74) is 5.49. The number of nitrogens with two attached hydrogens (primary N) is 1. The third kappa shape index (κ3) is 4.59. The number of ether oxygens (including phenoxy) is 2. The quantitative estimate of drug-likeness (QED) is 0.470. The molecule has 0 spiro atoms. The van der Waals surface area contributed by atoms with Crippen molar-refractivity contribution >= 4 is 43.1 Å². The van der Waals surface area contributed by atoms with Crippen LogP contribution in [0.15, 0.2) is 59.5 Å². The zero-order valence-corrected chi connectivity index (χ0v) is 19.4. The van der Waals surface area contributed by atoms with Crippen molar-refractivity contribution in [3.8, 4) is 5.75 Å². The largest absolute Gasteiger partial charge is 0.492 e. The average Bonchev–Trinajstić information content (AvgIpc) is 3.27. The van der Waals surface area contributed by atoms with E-state index in [1.54, 1.807) is 0 Å². The predicted molar refractivity (Wildman–Crippen MR) is 125 cm³/mol. The summed E-state index contributed by atoms with van der Waals surface area (Å²) < 4.78 is 36.5. The van der Waals surface area contributed by atoms with Gasteiger partial charge in [-0.2, -0.15) is 0 Å². The van der Waals surface area contributed by atoms with Crippen LogP contribution in [0.5, 0.6) is 5.75 Å². The van der Waals surface area contributed by atoms with E-state index >= 15 is 0 Å². The van der Waals surface area contributed by atoms with Crippen molar-refractivity contribution in [2.24, 2.45) is 5.73 Å². The number of hydrogen-bond donors (Lipinski definition) is 2. The van der Waals surface area contributed by atoms with Gasteiger partial charge in [0.2, 0.25) is 5.91 Å². The summed E-state index contributed by atoms with van der Waals surface area (Å²) in [5.74, 6) is -0.583. The second-order valence-electron chi connectivity index (χ2n) is 7.70. The highest BCUT2D eigenvalue weighted by Gasteiger charge is 2.51. The number of rotatable bonds is 8. The molecule has 0 radical (unpaired) electrons. The van der Waals surface area contributed by atoms with Gasteiger partial charge in [0.25, 0.3) is 5.91 Å². The number of carbonyl (C=O) groups is 2. The monoisotopic (exact) mass is 488 g/mol. The van der Waals surface area contributed by atoms with Gasteiger partial charge in [0.05, 0.1) is 16.3 Å². The Kier molecular flexibility index (Phi) is 6.68. The molecule has 2 aromatic carbocycles. The molecule has 1 aromatic heterocycles. The topological polar surface area (TPSA) is 125 Å². The number of hydrogen-bond acceptors (Lipinski definition) is 7. The normalized spacial score (nSPS) is 15.8. The van der Waals surface area contributed by atoms with Crippen LogP contribution in [0.2, 0.25) is 0 Å². The van der Waals surface area contributed by atoms with E-state index in [4.69, 9.17) is 15.2 Å². The first-order chi connectivity index (χ1) is 15.8.